The molecule has 1 amide bonds. The van der Waals surface area contributed by atoms with E-state index in [1.807, 2.05) is 45.0 Å². The molecule has 0 saturated heterocycles. The monoisotopic (exact) mass is 234 g/mol. The molecule has 0 spiro atoms. The molecule has 1 aromatic carbocycles. The topological polar surface area (TPSA) is 55.1 Å². The predicted molar refractivity (Wildman–Crippen MR) is 70.6 cm³/mol. The number of aryl methyl sites for hydroxylation is 1. The first kappa shape index (κ1) is 13.7. The molecule has 0 aliphatic heterocycles. The van der Waals surface area contributed by atoms with Gasteiger partial charge in [0.25, 0.3) is 0 Å². The third-order valence-electron chi connectivity index (χ3n) is 2.95. The van der Waals surface area contributed by atoms with Crippen molar-refractivity contribution in [3.8, 4) is 0 Å². The highest BCUT2D eigenvalue weighted by atomic mass is 16.2. The van der Waals surface area contributed by atoms with Crippen LogP contribution in [-0.2, 0) is 4.79 Å². The smallest absolute Gasteiger partial charge is 0.237 e. The Kier molecular flexibility index (Phi) is 5.16. The maximum absolute atomic E-state index is 11.8. The molecule has 17 heavy (non-hydrogen) atoms. The van der Waals surface area contributed by atoms with Crippen LogP contribution in [0.15, 0.2) is 24.3 Å². The third-order valence-corrected chi connectivity index (χ3v) is 2.95. The lowest BCUT2D eigenvalue weighted by Gasteiger charge is -2.19. The van der Waals surface area contributed by atoms with E-state index < -0.39 is 6.04 Å². The molecule has 0 saturated carbocycles. The average Bonchev–Trinajstić information content (AvgIpc) is 2.29. The minimum absolute atomic E-state index is 0.00612. The van der Waals surface area contributed by atoms with Crippen molar-refractivity contribution in [2.45, 2.75) is 45.7 Å². The lowest BCUT2D eigenvalue weighted by Crippen LogP contribution is -2.41. The Morgan fingerprint density at radius 3 is 2.65 bits per heavy atom. The van der Waals surface area contributed by atoms with Crippen molar-refractivity contribution in [1.82, 2.24) is 5.32 Å². The Morgan fingerprint density at radius 2 is 2.06 bits per heavy atom. The van der Waals surface area contributed by atoms with Crippen LogP contribution < -0.4 is 11.1 Å². The van der Waals surface area contributed by atoms with Crippen molar-refractivity contribution in [3.05, 3.63) is 35.4 Å². The highest BCUT2D eigenvalue weighted by molar-refractivity contribution is 5.81. The molecule has 0 aliphatic rings. The summed E-state index contributed by atoms with van der Waals surface area (Å²) in [5.41, 5.74) is 8.11. The van der Waals surface area contributed by atoms with E-state index in [0.29, 0.717) is 0 Å². The van der Waals surface area contributed by atoms with Gasteiger partial charge in [0.2, 0.25) is 5.91 Å². The van der Waals surface area contributed by atoms with Crippen molar-refractivity contribution in [3.63, 3.8) is 0 Å². The van der Waals surface area contributed by atoms with Crippen LogP contribution in [0, 0.1) is 6.92 Å². The Bertz CT molecular complexity index is 376. The minimum atomic E-state index is -0.397. The van der Waals surface area contributed by atoms with Crippen LogP contribution in [0.4, 0.5) is 0 Å². The molecule has 0 aliphatic carbocycles. The lowest BCUT2D eigenvalue weighted by molar-refractivity contribution is -0.123. The second-order valence-corrected chi connectivity index (χ2v) is 4.48. The zero-order valence-corrected chi connectivity index (χ0v) is 10.9. The molecule has 3 N–H and O–H groups in total. The molecule has 2 atom stereocenters. The Labute approximate surface area is 103 Å². The molecular formula is C14H22N2O. The lowest BCUT2D eigenvalue weighted by atomic mass is 10.0. The summed E-state index contributed by atoms with van der Waals surface area (Å²) >= 11 is 0. The third kappa shape index (κ3) is 3.86. The summed E-state index contributed by atoms with van der Waals surface area (Å²) in [4.78, 5) is 11.8. The van der Waals surface area contributed by atoms with E-state index >= 15 is 0 Å². The van der Waals surface area contributed by atoms with E-state index in [0.717, 1.165) is 18.4 Å². The number of carbonyl (C=O) groups excluding carboxylic acids is 1. The maximum Gasteiger partial charge on any atom is 0.237 e. The van der Waals surface area contributed by atoms with Gasteiger partial charge >= 0.3 is 0 Å². The molecule has 3 heteroatoms. The van der Waals surface area contributed by atoms with Gasteiger partial charge in [-0.15, -0.1) is 0 Å². The van der Waals surface area contributed by atoms with Gasteiger partial charge in [0.15, 0.2) is 0 Å². The Morgan fingerprint density at radius 1 is 1.41 bits per heavy atom. The summed E-state index contributed by atoms with van der Waals surface area (Å²) in [5, 5.41) is 2.96. The van der Waals surface area contributed by atoms with Crippen molar-refractivity contribution in [2.24, 2.45) is 5.73 Å². The van der Waals surface area contributed by atoms with Crippen LogP contribution in [0.3, 0.4) is 0 Å². The number of amides is 1. The molecule has 0 heterocycles. The van der Waals surface area contributed by atoms with E-state index in [4.69, 9.17) is 5.73 Å². The van der Waals surface area contributed by atoms with Gasteiger partial charge in [-0.25, -0.2) is 0 Å². The van der Waals surface area contributed by atoms with Crippen molar-refractivity contribution >= 4 is 5.91 Å². The summed E-state index contributed by atoms with van der Waals surface area (Å²) in [6.45, 7) is 6.06. The first-order valence-corrected chi connectivity index (χ1v) is 6.17. The largest absolute Gasteiger partial charge is 0.348 e. The molecule has 94 valence electrons. The van der Waals surface area contributed by atoms with Gasteiger partial charge in [-0.2, -0.15) is 0 Å². The molecule has 0 radical (unpaired) electrons. The summed E-state index contributed by atoms with van der Waals surface area (Å²) in [6, 6.07) is 7.67. The van der Waals surface area contributed by atoms with Crippen molar-refractivity contribution in [1.29, 1.82) is 0 Å². The van der Waals surface area contributed by atoms with Crippen LogP contribution in [0.1, 0.15) is 43.9 Å². The molecule has 0 bridgehead atoms. The summed E-state index contributed by atoms with van der Waals surface area (Å²) in [5.74, 6) is -0.0670. The Hall–Kier alpha value is -1.35. The maximum atomic E-state index is 11.8. The Balaban J connectivity index is 2.63. The van der Waals surface area contributed by atoms with Crippen LogP contribution in [0.5, 0.6) is 0 Å². The fourth-order valence-corrected chi connectivity index (χ4v) is 1.91. The van der Waals surface area contributed by atoms with Gasteiger partial charge in [-0.05, 0) is 31.4 Å². The summed E-state index contributed by atoms with van der Waals surface area (Å²) in [6.07, 6.45) is 1.65. The van der Waals surface area contributed by atoms with E-state index in [1.165, 1.54) is 5.56 Å². The standard InChI is InChI=1S/C14H22N2O/c1-4-7-13(15)14(17)16-11(3)12-9-6-5-8-10(12)2/h5-6,8-9,11,13H,4,7,15H2,1-3H3,(H,16,17). The van der Waals surface area contributed by atoms with E-state index in [-0.39, 0.29) is 11.9 Å². The second-order valence-electron chi connectivity index (χ2n) is 4.48. The fraction of sp³-hybridized carbons (Fsp3) is 0.500. The highest BCUT2D eigenvalue weighted by Gasteiger charge is 2.16. The predicted octanol–water partition coefficient (Wildman–Crippen LogP) is 2.30. The van der Waals surface area contributed by atoms with Gasteiger partial charge in [-0.3, -0.25) is 4.79 Å². The zero-order valence-electron chi connectivity index (χ0n) is 10.9. The normalized spacial score (nSPS) is 14.1. The van der Waals surface area contributed by atoms with Gasteiger partial charge in [0.05, 0.1) is 12.1 Å². The first-order chi connectivity index (χ1) is 8.06. The quantitative estimate of drug-likeness (QED) is 0.821. The van der Waals surface area contributed by atoms with Gasteiger partial charge in [0, 0.05) is 0 Å². The van der Waals surface area contributed by atoms with Crippen molar-refractivity contribution in [2.75, 3.05) is 0 Å². The number of hydrogen-bond acceptors (Lipinski definition) is 2. The zero-order chi connectivity index (χ0) is 12.8. The first-order valence-electron chi connectivity index (χ1n) is 6.17. The molecule has 3 nitrogen and oxygen atoms in total. The van der Waals surface area contributed by atoms with Crippen molar-refractivity contribution < 1.29 is 4.79 Å². The fourth-order valence-electron chi connectivity index (χ4n) is 1.91. The number of carbonyl (C=O) groups is 1. The number of benzene rings is 1. The van der Waals surface area contributed by atoms with E-state index in [9.17, 15) is 4.79 Å². The van der Waals surface area contributed by atoms with Crippen LogP contribution >= 0.6 is 0 Å². The molecule has 1 rings (SSSR count). The van der Waals surface area contributed by atoms with Gasteiger partial charge in [0.1, 0.15) is 0 Å². The summed E-state index contributed by atoms with van der Waals surface area (Å²) < 4.78 is 0. The number of nitrogens with two attached hydrogens (primary N) is 1. The SMILES string of the molecule is CCCC(N)C(=O)NC(C)c1ccccc1C. The van der Waals surface area contributed by atoms with Crippen LogP contribution in [0.2, 0.25) is 0 Å². The molecule has 2 unspecified atom stereocenters. The van der Waals surface area contributed by atoms with Gasteiger partial charge < -0.3 is 11.1 Å². The molecule has 1 aromatic rings. The number of nitrogens with one attached hydrogen (secondary N) is 1. The second kappa shape index (κ2) is 6.40. The van der Waals surface area contributed by atoms with Crippen LogP contribution in [-0.4, -0.2) is 11.9 Å². The minimum Gasteiger partial charge on any atom is -0.348 e. The average molecular weight is 234 g/mol. The summed E-state index contributed by atoms with van der Waals surface area (Å²) in [7, 11) is 0. The highest BCUT2D eigenvalue weighted by Crippen LogP contribution is 2.16. The molecular weight excluding hydrogens is 212 g/mol. The van der Waals surface area contributed by atoms with E-state index in [2.05, 4.69) is 5.32 Å². The molecule has 0 fully saturated rings. The number of rotatable bonds is 5. The van der Waals surface area contributed by atoms with E-state index in [1.54, 1.807) is 0 Å². The van der Waals surface area contributed by atoms with Crippen LogP contribution in [0.25, 0.3) is 0 Å². The van der Waals surface area contributed by atoms with Gasteiger partial charge in [-0.1, -0.05) is 37.6 Å². The number of hydrogen-bond donors (Lipinski definition) is 2. The molecule has 0 aromatic heterocycles.